The van der Waals surface area contributed by atoms with E-state index in [1.165, 1.54) is 48.1 Å². The molecule has 1 saturated carbocycles. The van der Waals surface area contributed by atoms with E-state index >= 15 is 0 Å². The van der Waals surface area contributed by atoms with Gasteiger partial charge in [-0.15, -0.1) is 0 Å². The molecule has 148 valence electrons. The molecule has 0 aromatic heterocycles. The monoisotopic (exact) mass is 384 g/mol. The maximum Gasteiger partial charge on any atom is 0.0715 e. The number of carboxylic acid groups (broad SMARTS) is 1. The number of hydrogen-bond acceptors (Lipinski definition) is 3. The first-order chi connectivity index (χ1) is 14.2. The summed E-state index contributed by atoms with van der Waals surface area (Å²) in [5.74, 6) is 0.835. The van der Waals surface area contributed by atoms with Gasteiger partial charge in [-0.2, -0.15) is 0 Å². The van der Waals surface area contributed by atoms with Crippen molar-refractivity contribution in [3.63, 3.8) is 0 Å². The van der Waals surface area contributed by atoms with Gasteiger partial charge in [-0.3, -0.25) is 0 Å². The van der Waals surface area contributed by atoms with Crippen LogP contribution in [0.3, 0.4) is 0 Å². The van der Waals surface area contributed by atoms with Crippen molar-refractivity contribution in [2.75, 3.05) is 11.4 Å². The quantitative estimate of drug-likeness (QED) is 0.713. The van der Waals surface area contributed by atoms with Crippen LogP contribution >= 0.6 is 0 Å². The van der Waals surface area contributed by atoms with Gasteiger partial charge in [0.1, 0.15) is 0 Å². The molecule has 0 spiro atoms. The van der Waals surface area contributed by atoms with Crippen molar-refractivity contribution in [3.8, 4) is 0 Å². The van der Waals surface area contributed by atoms with Crippen molar-refractivity contribution in [1.29, 1.82) is 0 Å². The Hall–Kier alpha value is -2.55. The van der Waals surface area contributed by atoms with Crippen molar-refractivity contribution in [3.05, 3.63) is 76.9 Å². The Morgan fingerprint density at radius 3 is 2.66 bits per heavy atom. The van der Waals surface area contributed by atoms with Crippen LogP contribution in [0.4, 0.5) is 5.69 Å². The maximum absolute atomic E-state index is 11.8. The predicted octanol–water partition coefficient (Wildman–Crippen LogP) is 4.56. The van der Waals surface area contributed by atoms with Crippen LogP contribution < -0.4 is 10.0 Å². The van der Waals surface area contributed by atoms with Crippen molar-refractivity contribution in [2.45, 2.75) is 50.0 Å². The molecular formula is C26H26NO2-. The van der Waals surface area contributed by atoms with Crippen LogP contribution in [-0.4, -0.2) is 12.5 Å². The zero-order valence-corrected chi connectivity index (χ0v) is 16.6. The Morgan fingerprint density at radius 2 is 1.83 bits per heavy atom. The Balaban J connectivity index is 1.60. The highest BCUT2D eigenvalue weighted by atomic mass is 16.4. The summed E-state index contributed by atoms with van der Waals surface area (Å²) in [6, 6.07) is 15.2. The van der Waals surface area contributed by atoms with E-state index in [0.717, 1.165) is 13.0 Å². The van der Waals surface area contributed by atoms with E-state index < -0.39 is 5.97 Å². The van der Waals surface area contributed by atoms with Gasteiger partial charge in [0.05, 0.1) is 12.0 Å². The molecule has 0 N–H and O–H groups in total. The lowest BCUT2D eigenvalue weighted by Crippen LogP contribution is -2.47. The van der Waals surface area contributed by atoms with Crippen LogP contribution in [0.1, 0.15) is 77.0 Å². The molecule has 4 aliphatic rings. The van der Waals surface area contributed by atoms with Crippen molar-refractivity contribution >= 4 is 11.7 Å². The maximum atomic E-state index is 11.8. The highest BCUT2D eigenvalue weighted by molar-refractivity contribution is 5.88. The van der Waals surface area contributed by atoms with Gasteiger partial charge in [0, 0.05) is 18.2 Å². The van der Waals surface area contributed by atoms with Gasteiger partial charge in [0.15, 0.2) is 0 Å². The van der Waals surface area contributed by atoms with E-state index in [1.807, 2.05) is 12.1 Å². The number of benzene rings is 2. The number of anilines is 1. The fourth-order valence-electron chi connectivity index (χ4n) is 6.74. The third kappa shape index (κ3) is 2.52. The summed E-state index contributed by atoms with van der Waals surface area (Å²) >= 11 is 0. The van der Waals surface area contributed by atoms with Gasteiger partial charge in [-0.25, -0.2) is 0 Å². The van der Waals surface area contributed by atoms with E-state index in [2.05, 4.69) is 47.4 Å². The number of allylic oxidation sites excluding steroid dienone is 2. The molecule has 2 aliphatic heterocycles. The van der Waals surface area contributed by atoms with Gasteiger partial charge in [0.2, 0.25) is 0 Å². The Kier molecular flexibility index (Phi) is 3.87. The lowest BCUT2D eigenvalue weighted by Gasteiger charge is -2.53. The van der Waals surface area contributed by atoms with Crippen molar-refractivity contribution < 1.29 is 9.90 Å². The first-order valence-corrected chi connectivity index (χ1v) is 11.1. The van der Waals surface area contributed by atoms with Gasteiger partial charge >= 0.3 is 0 Å². The SMILES string of the molecule is O=C([O-])c1cc2c3c(c1)[C@H]1CCCC[C@@H]1CN3[C@H](c1ccccc1)[C@H]1CC=C[C@H]21. The fourth-order valence-corrected chi connectivity index (χ4v) is 6.74. The number of aromatic carboxylic acids is 1. The van der Waals surface area contributed by atoms with Crippen LogP contribution in [-0.2, 0) is 0 Å². The normalized spacial score (nSPS) is 31.7. The number of carbonyl (C=O) groups is 1. The molecule has 0 amide bonds. The average molecular weight is 384 g/mol. The summed E-state index contributed by atoms with van der Waals surface area (Å²) in [6.07, 6.45) is 10.6. The third-order valence-electron chi connectivity index (χ3n) is 7.89. The number of carboxylic acids is 1. The standard InChI is InChI=1S/C26H27NO2/c28-26(29)18-13-22-19-10-5-4-9-17(19)15-27-24(16-7-2-1-3-8-16)21-12-6-11-20(21)23(14-18)25(22)27/h1-3,6-8,11,13-14,17,19-21,24H,4-5,9-10,12,15H2,(H,28,29)/p-1/t17-,19+,20+,21+,24-/m1/s1. The zero-order chi connectivity index (χ0) is 19.5. The minimum atomic E-state index is -1.04. The molecule has 0 unspecified atom stereocenters. The van der Waals surface area contributed by atoms with E-state index in [0.29, 0.717) is 35.3 Å². The van der Waals surface area contributed by atoms with E-state index in [9.17, 15) is 9.90 Å². The molecule has 5 atom stereocenters. The molecule has 0 saturated heterocycles. The summed E-state index contributed by atoms with van der Waals surface area (Å²) in [7, 11) is 0. The number of nitrogens with zero attached hydrogens (tertiary/aromatic N) is 1. The fraction of sp³-hybridized carbons (Fsp3) is 0.423. The van der Waals surface area contributed by atoms with Gasteiger partial charge in [0.25, 0.3) is 0 Å². The Bertz CT molecular complexity index is 995. The van der Waals surface area contributed by atoms with Gasteiger partial charge in [-0.05, 0) is 71.4 Å². The number of rotatable bonds is 2. The molecule has 0 radical (unpaired) electrons. The highest BCUT2D eigenvalue weighted by Gasteiger charge is 2.47. The molecule has 2 aromatic rings. The summed E-state index contributed by atoms with van der Waals surface area (Å²) < 4.78 is 0. The summed E-state index contributed by atoms with van der Waals surface area (Å²) in [4.78, 5) is 14.5. The molecule has 29 heavy (non-hydrogen) atoms. The second kappa shape index (κ2) is 6.48. The van der Waals surface area contributed by atoms with Crippen LogP contribution in [0.5, 0.6) is 0 Å². The number of hydrogen-bond donors (Lipinski definition) is 0. The van der Waals surface area contributed by atoms with E-state index in [1.54, 1.807) is 0 Å². The van der Waals surface area contributed by atoms with Crippen LogP contribution in [0.25, 0.3) is 0 Å². The summed E-state index contributed by atoms with van der Waals surface area (Å²) in [5, 5.41) is 11.8. The van der Waals surface area contributed by atoms with Gasteiger partial charge < -0.3 is 14.8 Å². The topological polar surface area (TPSA) is 43.4 Å². The molecule has 3 nitrogen and oxygen atoms in total. The molecule has 2 aliphatic carbocycles. The molecule has 2 aromatic carbocycles. The molecule has 0 bridgehead atoms. The van der Waals surface area contributed by atoms with Crippen LogP contribution in [0, 0.1) is 11.8 Å². The number of fused-ring (bicyclic) bond motifs is 4. The van der Waals surface area contributed by atoms with E-state index in [-0.39, 0.29) is 0 Å². The summed E-state index contributed by atoms with van der Waals surface area (Å²) in [5.41, 5.74) is 5.58. The van der Waals surface area contributed by atoms with Crippen molar-refractivity contribution in [1.82, 2.24) is 0 Å². The zero-order valence-electron chi connectivity index (χ0n) is 16.6. The first-order valence-electron chi connectivity index (χ1n) is 11.1. The van der Waals surface area contributed by atoms with Crippen LogP contribution in [0.2, 0.25) is 0 Å². The Labute approximate surface area is 172 Å². The average Bonchev–Trinajstić information content (AvgIpc) is 3.24. The highest BCUT2D eigenvalue weighted by Crippen LogP contribution is 2.59. The largest absolute Gasteiger partial charge is 0.545 e. The third-order valence-corrected chi connectivity index (χ3v) is 7.89. The van der Waals surface area contributed by atoms with E-state index in [4.69, 9.17) is 0 Å². The second-order valence-corrected chi connectivity index (χ2v) is 9.30. The number of carbonyl (C=O) groups excluding carboxylic acids is 1. The smallest absolute Gasteiger partial charge is 0.0715 e. The lowest BCUT2D eigenvalue weighted by atomic mass is 9.66. The Morgan fingerprint density at radius 1 is 1.03 bits per heavy atom. The lowest BCUT2D eigenvalue weighted by molar-refractivity contribution is -0.255. The molecule has 1 fully saturated rings. The molecular weight excluding hydrogens is 358 g/mol. The predicted molar refractivity (Wildman–Crippen MR) is 112 cm³/mol. The molecule has 3 heteroatoms. The second-order valence-electron chi connectivity index (χ2n) is 9.30. The molecule has 2 heterocycles. The minimum absolute atomic E-state index is 0.296. The minimum Gasteiger partial charge on any atom is -0.545 e. The summed E-state index contributed by atoms with van der Waals surface area (Å²) in [6.45, 7) is 1.10. The van der Waals surface area contributed by atoms with Crippen molar-refractivity contribution in [2.24, 2.45) is 11.8 Å². The molecule has 6 rings (SSSR count). The first kappa shape index (κ1) is 17.3. The van der Waals surface area contributed by atoms with Gasteiger partial charge in [-0.1, -0.05) is 55.3 Å². The van der Waals surface area contributed by atoms with Crippen LogP contribution in [0.15, 0.2) is 54.6 Å².